The first-order valence-corrected chi connectivity index (χ1v) is 8.47. The molecule has 0 atom stereocenters. The first kappa shape index (κ1) is 18.2. The van der Waals surface area contributed by atoms with Crippen LogP contribution in [-0.4, -0.2) is 46.1 Å². The van der Waals surface area contributed by atoms with E-state index in [2.05, 4.69) is 5.32 Å². The molecule has 7 heteroatoms. The number of furan rings is 1. The van der Waals surface area contributed by atoms with Crippen LogP contribution in [0.2, 0.25) is 0 Å². The van der Waals surface area contributed by atoms with Crippen LogP contribution in [0.4, 0.5) is 0 Å². The fourth-order valence-electron chi connectivity index (χ4n) is 2.12. The SMILES string of the molecule is CNCc1c(C)oc(C)c1S(=O)(=O)N(C)CCOC(C)C. The van der Waals surface area contributed by atoms with Crippen molar-refractivity contribution < 1.29 is 17.6 Å². The van der Waals surface area contributed by atoms with Crippen LogP contribution in [0.5, 0.6) is 0 Å². The van der Waals surface area contributed by atoms with Crippen LogP contribution < -0.4 is 5.32 Å². The van der Waals surface area contributed by atoms with E-state index < -0.39 is 10.0 Å². The maximum atomic E-state index is 12.7. The number of ether oxygens (including phenoxy) is 1. The Morgan fingerprint density at radius 3 is 2.43 bits per heavy atom. The fourth-order valence-corrected chi connectivity index (χ4v) is 3.68. The number of likely N-dealkylation sites (N-methyl/N-ethyl adjacent to an activating group) is 1. The molecule has 21 heavy (non-hydrogen) atoms. The van der Waals surface area contributed by atoms with Gasteiger partial charge in [0.15, 0.2) is 0 Å². The first-order chi connectivity index (χ1) is 9.71. The monoisotopic (exact) mass is 318 g/mol. The molecule has 0 radical (unpaired) electrons. The van der Waals surface area contributed by atoms with E-state index in [9.17, 15) is 8.42 Å². The summed E-state index contributed by atoms with van der Waals surface area (Å²) >= 11 is 0. The van der Waals surface area contributed by atoms with Gasteiger partial charge < -0.3 is 14.5 Å². The van der Waals surface area contributed by atoms with Crippen LogP contribution in [0.1, 0.15) is 30.9 Å². The molecule has 0 saturated heterocycles. The van der Waals surface area contributed by atoms with Crippen LogP contribution in [-0.2, 0) is 21.3 Å². The highest BCUT2D eigenvalue weighted by Gasteiger charge is 2.30. The minimum absolute atomic E-state index is 0.0823. The molecule has 0 aliphatic heterocycles. The number of aryl methyl sites for hydroxylation is 2. The third kappa shape index (κ3) is 4.29. The summed E-state index contributed by atoms with van der Waals surface area (Å²) in [6.07, 6.45) is 0.0823. The molecule has 0 aliphatic carbocycles. The highest BCUT2D eigenvalue weighted by molar-refractivity contribution is 7.89. The van der Waals surface area contributed by atoms with E-state index in [0.717, 1.165) is 0 Å². The van der Waals surface area contributed by atoms with Gasteiger partial charge in [-0.15, -0.1) is 0 Å². The number of nitrogens with zero attached hydrogens (tertiary/aromatic N) is 1. The number of rotatable bonds is 8. The molecule has 0 amide bonds. The fraction of sp³-hybridized carbons (Fsp3) is 0.714. The minimum Gasteiger partial charge on any atom is -0.465 e. The summed E-state index contributed by atoms with van der Waals surface area (Å²) in [5, 5.41) is 2.98. The van der Waals surface area contributed by atoms with E-state index in [1.807, 2.05) is 13.8 Å². The molecule has 0 bridgehead atoms. The molecule has 0 aromatic carbocycles. The molecular weight excluding hydrogens is 292 g/mol. The largest absolute Gasteiger partial charge is 0.465 e. The maximum Gasteiger partial charge on any atom is 0.246 e. The van der Waals surface area contributed by atoms with Gasteiger partial charge in [-0.2, -0.15) is 4.31 Å². The highest BCUT2D eigenvalue weighted by atomic mass is 32.2. The van der Waals surface area contributed by atoms with E-state index in [-0.39, 0.29) is 11.0 Å². The molecule has 0 saturated carbocycles. The van der Waals surface area contributed by atoms with Gasteiger partial charge in [-0.3, -0.25) is 0 Å². The lowest BCUT2D eigenvalue weighted by atomic mass is 10.2. The molecule has 1 aromatic heterocycles. The number of nitrogens with one attached hydrogen (secondary N) is 1. The van der Waals surface area contributed by atoms with Gasteiger partial charge in [-0.1, -0.05) is 0 Å². The lowest BCUT2D eigenvalue weighted by Gasteiger charge is -2.18. The molecular formula is C14H26N2O4S. The quantitative estimate of drug-likeness (QED) is 0.789. The molecule has 0 spiro atoms. The lowest BCUT2D eigenvalue weighted by molar-refractivity contribution is 0.0737. The Bertz CT molecular complexity index is 564. The topological polar surface area (TPSA) is 71.8 Å². The van der Waals surface area contributed by atoms with Crippen molar-refractivity contribution in [1.82, 2.24) is 9.62 Å². The van der Waals surface area contributed by atoms with Crippen LogP contribution in [0.25, 0.3) is 0 Å². The van der Waals surface area contributed by atoms with Crippen molar-refractivity contribution >= 4 is 10.0 Å². The van der Waals surface area contributed by atoms with Gasteiger partial charge in [-0.05, 0) is 34.7 Å². The van der Waals surface area contributed by atoms with Crippen LogP contribution in [0.3, 0.4) is 0 Å². The summed E-state index contributed by atoms with van der Waals surface area (Å²) in [7, 11) is -0.244. The molecule has 0 unspecified atom stereocenters. The van der Waals surface area contributed by atoms with E-state index in [1.54, 1.807) is 27.9 Å². The molecule has 1 heterocycles. The van der Waals surface area contributed by atoms with Gasteiger partial charge in [0.25, 0.3) is 0 Å². The highest BCUT2D eigenvalue weighted by Crippen LogP contribution is 2.28. The van der Waals surface area contributed by atoms with Gasteiger partial charge in [0.05, 0.1) is 12.7 Å². The van der Waals surface area contributed by atoms with E-state index in [0.29, 0.717) is 36.8 Å². The third-order valence-electron chi connectivity index (χ3n) is 3.20. The number of hydrogen-bond acceptors (Lipinski definition) is 5. The Morgan fingerprint density at radius 2 is 1.90 bits per heavy atom. The van der Waals surface area contributed by atoms with Crippen molar-refractivity contribution in [3.63, 3.8) is 0 Å². The summed E-state index contributed by atoms with van der Waals surface area (Å²) in [6.45, 7) is 8.42. The summed E-state index contributed by atoms with van der Waals surface area (Å²) < 4.78 is 37.7. The van der Waals surface area contributed by atoms with Gasteiger partial charge in [0.2, 0.25) is 10.0 Å². The first-order valence-electron chi connectivity index (χ1n) is 7.03. The van der Waals surface area contributed by atoms with E-state index >= 15 is 0 Å². The second-order valence-corrected chi connectivity index (χ2v) is 7.28. The van der Waals surface area contributed by atoms with Gasteiger partial charge in [0, 0.05) is 25.7 Å². The zero-order chi connectivity index (χ0) is 16.2. The summed E-state index contributed by atoms with van der Waals surface area (Å²) in [6, 6.07) is 0. The Kier molecular flexibility index (Phi) is 6.40. The third-order valence-corrected chi connectivity index (χ3v) is 5.26. The summed E-state index contributed by atoms with van der Waals surface area (Å²) in [5.74, 6) is 1.06. The average Bonchev–Trinajstić information content (AvgIpc) is 2.64. The van der Waals surface area contributed by atoms with Gasteiger partial charge >= 0.3 is 0 Å². The predicted octanol–water partition coefficient (Wildman–Crippen LogP) is 1.66. The van der Waals surface area contributed by atoms with Crippen molar-refractivity contribution in [2.45, 2.75) is 45.2 Å². The molecule has 6 nitrogen and oxygen atoms in total. The predicted molar refractivity (Wildman–Crippen MR) is 81.8 cm³/mol. The van der Waals surface area contributed by atoms with Crippen molar-refractivity contribution in [3.05, 3.63) is 17.1 Å². The lowest BCUT2D eigenvalue weighted by Crippen LogP contribution is -2.32. The van der Waals surface area contributed by atoms with Crippen molar-refractivity contribution in [3.8, 4) is 0 Å². The molecule has 0 fully saturated rings. The standard InChI is InChI=1S/C14H26N2O4S/c1-10(2)19-8-7-16(6)21(17,18)14-12(4)20-11(3)13(14)9-15-5/h10,15H,7-9H2,1-6H3. The van der Waals surface area contributed by atoms with Crippen LogP contribution in [0, 0.1) is 13.8 Å². The Labute approximate surface area is 127 Å². The summed E-state index contributed by atoms with van der Waals surface area (Å²) in [5.41, 5.74) is 0.687. The molecule has 1 aromatic rings. The number of sulfonamides is 1. The Hall–Kier alpha value is -0.890. The summed E-state index contributed by atoms with van der Waals surface area (Å²) in [4.78, 5) is 0.265. The molecule has 1 rings (SSSR count). The van der Waals surface area contributed by atoms with E-state index in [1.165, 1.54) is 4.31 Å². The van der Waals surface area contributed by atoms with Gasteiger partial charge in [0.1, 0.15) is 16.4 Å². The zero-order valence-corrected chi connectivity index (χ0v) is 14.5. The normalized spacial score (nSPS) is 12.6. The van der Waals surface area contributed by atoms with Crippen LogP contribution >= 0.6 is 0 Å². The van der Waals surface area contributed by atoms with Crippen molar-refractivity contribution in [1.29, 1.82) is 0 Å². The molecule has 122 valence electrons. The smallest absolute Gasteiger partial charge is 0.246 e. The maximum absolute atomic E-state index is 12.7. The Morgan fingerprint density at radius 1 is 1.29 bits per heavy atom. The minimum atomic E-state index is -3.58. The average molecular weight is 318 g/mol. The van der Waals surface area contributed by atoms with Crippen molar-refractivity contribution in [2.24, 2.45) is 0 Å². The van der Waals surface area contributed by atoms with Gasteiger partial charge in [-0.25, -0.2) is 8.42 Å². The number of hydrogen-bond donors (Lipinski definition) is 1. The van der Waals surface area contributed by atoms with E-state index in [4.69, 9.17) is 9.15 Å². The van der Waals surface area contributed by atoms with Crippen molar-refractivity contribution in [2.75, 3.05) is 27.2 Å². The molecule has 0 aliphatic rings. The second-order valence-electron chi connectivity index (χ2n) is 5.30. The second kappa shape index (κ2) is 7.40. The zero-order valence-electron chi connectivity index (χ0n) is 13.7. The Balaban J connectivity index is 3.02. The molecule has 1 N–H and O–H groups in total. The van der Waals surface area contributed by atoms with Crippen LogP contribution in [0.15, 0.2) is 9.31 Å².